The number of benzene rings is 1. The second kappa shape index (κ2) is 7.25. The van der Waals surface area contributed by atoms with Crippen molar-refractivity contribution in [1.29, 1.82) is 0 Å². The van der Waals surface area contributed by atoms with E-state index in [0.717, 1.165) is 5.69 Å². The van der Waals surface area contributed by atoms with Gasteiger partial charge in [-0.05, 0) is 75.4 Å². The third kappa shape index (κ3) is 5.85. The number of thiocarbonyl (C=S) groups is 2. The number of hydrogen-bond acceptors (Lipinski definition) is 2. The molecule has 1 aromatic rings. The molecule has 104 valence electrons. The first-order valence-corrected chi connectivity index (χ1v) is 6.91. The molecule has 0 aromatic heterocycles. The van der Waals surface area contributed by atoms with Gasteiger partial charge in [0.2, 0.25) is 0 Å². The van der Waals surface area contributed by atoms with Crippen molar-refractivity contribution >= 4 is 40.3 Å². The van der Waals surface area contributed by atoms with Gasteiger partial charge >= 0.3 is 0 Å². The molecular weight excluding hydrogens is 276 g/mol. The lowest BCUT2D eigenvalue weighted by Gasteiger charge is -2.16. The molecule has 0 spiro atoms. The van der Waals surface area contributed by atoms with Crippen molar-refractivity contribution in [3.8, 4) is 0 Å². The molecule has 1 aromatic carbocycles. The predicted octanol–water partition coefficient (Wildman–Crippen LogP) is 2.38. The number of hydrogen-bond donors (Lipinski definition) is 4. The van der Waals surface area contributed by atoms with Gasteiger partial charge in [0.25, 0.3) is 0 Å². The number of rotatable bonds is 2. The van der Waals surface area contributed by atoms with Crippen LogP contribution in [0.15, 0.2) is 18.2 Å². The van der Waals surface area contributed by atoms with E-state index in [0.29, 0.717) is 10.2 Å². The Hall–Kier alpha value is -1.40. The molecule has 0 heterocycles. The molecule has 0 fully saturated rings. The van der Waals surface area contributed by atoms with Crippen LogP contribution in [0, 0.1) is 13.8 Å². The molecule has 0 amide bonds. The lowest BCUT2D eigenvalue weighted by Crippen LogP contribution is -2.49. The molecule has 1 rings (SSSR count). The van der Waals surface area contributed by atoms with Gasteiger partial charge in [-0.25, -0.2) is 0 Å². The largest absolute Gasteiger partial charge is 0.359 e. The predicted molar refractivity (Wildman–Crippen MR) is 89.3 cm³/mol. The maximum absolute atomic E-state index is 5.17. The molecule has 0 saturated carbocycles. The van der Waals surface area contributed by atoms with E-state index < -0.39 is 0 Å². The van der Waals surface area contributed by atoms with Crippen molar-refractivity contribution in [1.82, 2.24) is 16.2 Å². The summed E-state index contributed by atoms with van der Waals surface area (Å²) in [6.45, 7) is 8.17. The van der Waals surface area contributed by atoms with Gasteiger partial charge in [-0.3, -0.25) is 10.9 Å². The lowest BCUT2D eigenvalue weighted by molar-refractivity contribution is 0.705. The minimum atomic E-state index is 0.281. The average Bonchev–Trinajstić information content (AvgIpc) is 2.30. The Bertz CT molecular complexity index is 472. The number of nitrogens with one attached hydrogen (secondary N) is 4. The molecule has 6 heteroatoms. The Kier molecular flexibility index (Phi) is 5.98. The zero-order chi connectivity index (χ0) is 14.4. The van der Waals surface area contributed by atoms with E-state index in [1.807, 2.05) is 26.0 Å². The van der Waals surface area contributed by atoms with Crippen LogP contribution < -0.4 is 21.5 Å². The SMILES string of the molecule is Cc1ccc(NC(=S)NNC(=S)NC(C)C)cc1C. The highest BCUT2D eigenvalue weighted by Gasteiger charge is 2.01. The summed E-state index contributed by atoms with van der Waals surface area (Å²) in [4.78, 5) is 0. The van der Waals surface area contributed by atoms with E-state index in [2.05, 4.69) is 41.4 Å². The summed E-state index contributed by atoms with van der Waals surface area (Å²) in [7, 11) is 0. The number of hydrazine groups is 1. The van der Waals surface area contributed by atoms with Crippen LogP contribution in [0.5, 0.6) is 0 Å². The summed E-state index contributed by atoms with van der Waals surface area (Å²) >= 11 is 10.3. The molecule has 4 N–H and O–H groups in total. The van der Waals surface area contributed by atoms with Crippen LogP contribution in [0.3, 0.4) is 0 Å². The van der Waals surface area contributed by atoms with Crippen molar-refractivity contribution in [3.05, 3.63) is 29.3 Å². The van der Waals surface area contributed by atoms with Gasteiger partial charge in [0, 0.05) is 11.7 Å². The fraction of sp³-hybridized carbons (Fsp3) is 0.385. The molecule has 0 radical (unpaired) electrons. The van der Waals surface area contributed by atoms with E-state index in [-0.39, 0.29) is 6.04 Å². The van der Waals surface area contributed by atoms with Crippen molar-refractivity contribution in [2.45, 2.75) is 33.7 Å². The third-order valence-electron chi connectivity index (χ3n) is 2.47. The summed E-state index contributed by atoms with van der Waals surface area (Å²) < 4.78 is 0. The van der Waals surface area contributed by atoms with E-state index in [4.69, 9.17) is 24.4 Å². The average molecular weight is 296 g/mol. The van der Waals surface area contributed by atoms with Gasteiger partial charge in [-0.15, -0.1) is 0 Å². The lowest BCUT2D eigenvalue weighted by atomic mass is 10.1. The van der Waals surface area contributed by atoms with Gasteiger partial charge in [-0.2, -0.15) is 0 Å². The molecule has 0 aliphatic heterocycles. The van der Waals surface area contributed by atoms with Crippen LogP contribution in [0.2, 0.25) is 0 Å². The quantitative estimate of drug-likeness (QED) is 0.497. The molecule has 0 bridgehead atoms. The summed E-state index contributed by atoms with van der Waals surface area (Å²) in [5.74, 6) is 0. The van der Waals surface area contributed by atoms with E-state index >= 15 is 0 Å². The highest BCUT2D eigenvalue weighted by atomic mass is 32.1. The fourth-order valence-electron chi connectivity index (χ4n) is 1.39. The second-order valence-electron chi connectivity index (χ2n) is 4.63. The highest BCUT2D eigenvalue weighted by Crippen LogP contribution is 2.13. The topological polar surface area (TPSA) is 48.1 Å². The smallest absolute Gasteiger partial charge is 0.189 e. The monoisotopic (exact) mass is 296 g/mol. The molecule has 0 unspecified atom stereocenters. The molecule has 4 nitrogen and oxygen atoms in total. The molecular formula is C13H20N4S2. The van der Waals surface area contributed by atoms with Gasteiger partial charge < -0.3 is 10.6 Å². The van der Waals surface area contributed by atoms with Gasteiger partial charge in [0.05, 0.1) is 0 Å². The van der Waals surface area contributed by atoms with Gasteiger partial charge in [0.15, 0.2) is 10.2 Å². The summed E-state index contributed by atoms with van der Waals surface area (Å²) in [5.41, 5.74) is 9.09. The zero-order valence-electron chi connectivity index (χ0n) is 11.6. The van der Waals surface area contributed by atoms with Crippen LogP contribution in [0.4, 0.5) is 5.69 Å². The van der Waals surface area contributed by atoms with E-state index in [1.165, 1.54) is 11.1 Å². The maximum Gasteiger partial charge on any atom is 0.189 e. The van der Waals surface area contributed by atoms with Crippen LogP contribution >= 0.6 is 24.4 Å². The fourth-order valence-corrected chi connectivity index (χ4v) is 1.85. The molecule has 19 heavy (non-hydrogen) atoms. The van der Waals surface area contributed by atoms with Crippen molar-refractivity contribution in [2.75, 3.05) is 5.32 Å². The Labute approximate surface area is 125 Å². The van der Waals surface area contributed by atoms with Crippen molar-refractivity contribution in [3.63, 3.8) is 0 Å². The summed E-state index contributed by atoms with van der Waals surface area (Å²) in [5, 5.41) is 7.12. The summed E-state index contributed by atoms with van der Waals surface area (Å²) in [6.07, 6.45) is 0. The van der Waals surface area contributed by atoms with Crippen LogP contribution in [0.25, 0.3) is 0 Å². The molecule has 0 aliphatic rings. The van der Waals surface area contributed by atoms with E-state index in [9.17, 15) is 0 Å². The van der Waals surface area contributed by atoms with Gasteiger partial charge in [-0.1, -0.05) is 6.07 Å². The standard InChI is InChI=1S/C13H20N4S2/c1-8(2)14-12(18)16-17-13(19)15-11-6-5-9(3)10(4)7-11/h5-8H,1-4H3,(H2,14,16,18)(H2,15,17,19). The van der Waals surface area contributed by atoms with Crippen LogP contribution in [-0.4, -0.2) is 16.3 Å². The second-order valence-corrected chi connectivity index (χ2v) is 5.45. The minimum Gasteiger partial charge on any atom is -0.359 e. The Morgan fingerprint density at radius 2 is 1.63 bits per heavy atom. The highest BCUT2D eigenvalue weighted by molar-refractivity contribution is 7.80. The Morgan fingerprint density at radius 1 is 1.00 bits per heavy atom. The first kappa shape index (κ1) is 15.7. The van der Waals surface area contributed by atoms with Crippen LogP contribution in [-0.2, 0) is 0 Å². The zero-order valence-corrected chi connectivity index (χ0v) is 13.3. The normalized spacial score (nSPS) is 9.95. The Balaban J connectivity index is 2.43. The Morgan fingerprint density at radius 3 is 2.21 bits per heavy atom. The number of aryl methyl sites for hydroxylation is 2. The molecule has 0 saturated heterocycles. The molecule has 0 atom stereocenters. The van der Waals surface area contributed by atoms with Crippen LogP contribution in [0.1, 0.15) is 25.0 Å². The van der Waals surface area contributed by atoms with Gasteiger partial charge in [0.1, 0.15) is 0 Å². The molecule has 0 aliphatic carbocycles. The van der Waals surface area contributed by atoms with Crippen molar-refractivity contribution < 1.29 is 0 Å². The third-order valence-corrected chi connectivity index (χ3v) is 2.90. The first-order valence-electron chi connectivity index (χ1n) is 6.09. The number of anilines is 1. The first-order chi connectivity index (χ1) is 8.88. The maximum atomic E-state index is 5.17. The summed E-state index contributed by atoms with van der Waals surface area (Å²) in [6, 6.07) is 6.37. The minimum absolute atomic E-state index is 0.281. The van der Waals surface area contributed by atoms with Crippen molar-refractivity contribution in [2.24, 2.45) is 0 Å². The van der Waals surface area contributed by atoms with E-state index in [1.54, 1.807) is 0 Å².